The third-order valence-electron chi connectivity index (χ3n) is 3.67. The molecule has 0 aromatic heterocycles. The van der Waals surface area contributed by atoms with E-state index < -0.39 is 18.0 Å². The Kier molecular flexibility index (Phi) is 5.99. The van der Waals surface area contributed by atoms with Crippen molar-refractivity contribution in [3.05, 3.63) is 34.6 Å². The molecular formula is C15H20ClFN2O3. The van der Waals surface area contributed by atoms with Gasteiger partial charge in [-0.15, -0.1) is 0 Å². The van der Waals surface area contributed by atoms with E-state index in [-0.39, 0.29) is 23.7 Å². The quantitative estimate of drug-likeness (QED) is 0.776. The number of amides is 2. The van der Waals surface area contributed by atoms with Gasteiger partial charge < -0.3 is 20.5 Å². The first kappa shape index (κ1) is 17.0. The van der Waals surface area contributed by atoms with Gasteiger partial charge in [0.1, 0.15) is 5.82 Å². The van der Waals surface area contributed by atoms with E-state index in [0.717, 1.165) is 25.5 Å². The van der Waals surface area contributed by atoms with Crippen molar-refractivity contribution in [3.63, 3.8) is 0 Å². The van der Waals surface area contributed by atoms with Crippen molar-refractivity contribution in [1.29, 1.82) is 0 Å². The normalized spacial score (nSPS) is 20.5. The summed E-state index contributed by atoms with van der Waals surface area (Å²) in [5.41, 5.74) is 0.356. The van der Waals surface area contributed by atoms with E-state index in [9.17, 15) is 14.3 Å². The molecule has 1 aromatic carbocycles. The van der Waals surface area contributed by atoms with Crippen LogP contribution in [0.5, 0.6) is 0 Å². The van der Waals surface area contributed by atoms with Crippen LogP contribution in [0.3, 0.4) is 0 Å². The summed E-state index contributed by atoms with van der Waals surface area (Å²) in [4.78, 5) is 11.8. The molecule has 2 rings (SSSR count). The summed E-state index contributed by atoms with van der Waals surface area (Å²) in [5, 5.41) is 15.3. The molecule has 0 bridgehead atoms. The molecule has 0 radical (unpaired) electrons. The number of carbonyl (C=O) groups is 1. The minimum atomic E-state index is -1.00. The highest BCUT2D eigenvalue weighted by atomic mass is 35.5. The maximum Gasteiger partial charge on any atom is 0.315 e. The van der Waals surface area contributed by atoms with Crippen LogP contribution < -0.4 is 10.6 Å². The van der Waals surface area contributed by atoms with Crippen LogP contribution in [0.4, 0.5) is 9.18 Å². The minimum absolute atomic E-state index is 0.00737. The maximum absolute atomic E-state index is 13.3. The van der Waals surface area contributed by atoms with Crippen LogP contribution in [0.15, 0.2) is 18.2 Å². The fourth-order valence-electron chi connectivity index (χ4n) is 2.37. The fourth-order valence-corrected chi connectivity index (χ4v) is 2.49. The number of nitrogens with one attached hydrogen (secondary N) is 2. The molecule has 1 saturated heterocycles. The van der Waals surface area contributed by atoms with Gasteiger partial charge >= 0.3 is 6.03 Å². The van der Waals surface area contributed by atoms with Gasteiger partial charge in [-0.2, -0.15) is 0 Å². The van der Waals surface area contributed by atoms with E-state index in [2.05, 4.69) is 10.6 Å². The van der Waals surface area contributed by atoms with E-state index >= 15 is 0 Å². The van der Waals surface area contributed by atoms with Gasteiger partial charge in [0.25, 0.3) is 0 Å². The van der Waals surface area contributed by atoms with Crippen molar-refractivity contribution < 1.29 is 19.0 Å². The first-order valence-corrected chi connectivity index (χ1v) is 7.64. The lowest BCUT2D eigenvalue weighted by atomic mass is 10.1. The smallest absolute Gasteiger partial charge is 0.315 e. The highest BCUT2D eigenvalue weighted by Crippen LogP contribution is 2.20. The first-order chi connectivity index (χ1) is 10.5. The number of aliphatic hydroxyl groups excluding tert-OH is 1. The summed E-state index contributed by atoms with van der Waals surface area (Å²) >= 11 is 5.58. The Morgan fingerprint density at radius 1 is 1.59 bits per heavy atom. The van der Waals surface area contributed by atoms with E-state index in [0.29, 0.717) is 5.56 Å². The molecular weight excluding hydrogens is 311 g/mol. The average molecular weight is 331 g/mol. The predicted molar refractivity (Wildman–Crippen MR) is 81.3 cm³/mol. The Labute approximate surface area is 133 Å². The molecule has 1 aliphatic rings. The number of aliphatic hydroxyl groups is 1. The second-order valence-electron chi connectivity index (χ2n) is 5.38. The zero-order valence-corrected chi connectivity index (χ0v) is 13.1. The standard InChI is InChI=1S/C15H20ClFN2O3/c1-9(14-3-2-6-22-14)19-15(21)18-8-13(20)10-4-5-11(16)12(17)7-10/h4-5,7,9,13-14,20H,2-3,6,8H2,1H3,(H2,18,19,21). The van der Waals surface area contributed by atoms with Gasteiger partial charge in [0, 0.05) is 13.2 Å². The molecule has 1 fully saturated rings. The van der Waals surface area contributed by atoms with Crippen molar-refractivity contribution in [1.82, 2.24) is 10.6 Å². The summed E-state index contributed by atoms with van der Waals surface area (Å²) in [6.07, 6.45) is 0.949. The van der Waals surface area contributed by atoms with Crippen molar-refractivity contribution in [2.24, 2.45) is 0 Å². The molecule has 0 spiro atoms. The summed E-state index contributed by atoms with van der Waals surface area (Å²) in [6, 6.07) is 3.55. The lowest BCUT2D eigenvalue weighted by Gasteiger charge is -2.21. The molecule has 0 saturated carbocycles. The van der Waals surface area contributed by atoms with Crippen LogP contribution in [0.1, 0.15) is 31.4 Å². The molecule has 3 atom stereocenters. The van der Waals surface area contributed by atoms with E-state index in [1.165, 1.54) is 12.1 Å². The van der Waals surface area contributed by atoms with Crippen LogP contribution in [0.2, 0.25) is 5.02 Å². The van der Waals surface area contributed by atoms with Crippen LogP contribution in [-0.2, 0) is 4.74 Å². The summed E-state index contributed by atoms with van der Waals surface area (Å²) < 4.78 is 18.8. The number of halogens is 2. The summed E-state index contributed by atoms with van der Waals surface area (Å²) in [6.45, 7) is 2.57. The molecule has 0 aliphatic carbocycles. The number of hydrogen-bond acceptors (Lipinski definition) is 3. The number of hydrogen-bond donors (Lipinski definition) is 3. The fraction of sp³-hybridized carbons (Fsp3) is 0.533. The first-order valence-electron chi connectivity index (χ1n) is 7.26. The predicted octanol–water partition coefficient (Wildman–Crippen LogP) is 2.38. The molecule has 3 N–H and O–H groups in total. The lowest BCUT2D eigenvalue weighted by molar-refractivity contribution is 0.0856. The van der Waals surface area contributed by atoms with Gasteiger partial charge in [0.2, 0.25) is 0 Å². The van der Waals surface area contributed by atoms with Crippen molar-refractivity contribution >= 4 is 17.6 Å². The molecule has 1 aromatic rings. The second-order valence-corrected chi connectivity index (χ2v) is 5.79. The topological polar surface area (TPSA) is 70.6 Å². The SMILES string of the molecule is CC(NC(=O)NCC(O)c1ccc(Cl)c(F)c1)C1CCCO1. The molecule has 1 heterocycles. The van der Waals surface area contributed by atoms with Crippen molar-refractivity contribution in [2.75, 3.05) is 13.2 Å². The second kappa shape index (κ2) is 7.76. The number of urea groups is 1. The van der Waals surface area contributed by atoms with Gasteiger partial charge in [-0.25, -0.2) is 9.18 Å². The number of carbonyl (C=O) groups excluding carboxylic acids is 1. The average Bonchev–Trinajstić information content (AvgIpc) is 3.02. The summed E-state index contributed by atoms with van der Waals surface area (Å²) in [5.74, 6) is -0.602. The minimum Gasteiger partial charge on any atom is -0.387 e. The van der Waals surface area contributed by atoms with E-state index in [4.69, 9.17) is 16.3 Å². The van der Waals surface area contributed by atoms with Crippen LogP contribution in [-0.4, -0.2) is 36.4 Å². The van der Waals surface area contributed by atoms with Crippen molar-refractivity contribution in [3.8, 4) is 0 Å². The van der Waals surface area contributed by atoms with Crippen LogP contribution in [0, 0.1) is 5.82 Å². The summed E-state index contributed by atoms with van der Waals surface area (Å²) in [7, 11) is 0. The van der Waals surface area contributed by atoms with Gasteiger partial charge in [0.05, 0.1) is 23.3 Å². The Morgan fingerprint density at radius 3 is 3.00 bits per heavy atom. The Bertz CT molecular complexity index is 524. The number of rotatable bonds is 5. The van der Waals surface area contributed by atoms with Gasteiger partial charge in [-0.1, -0.05) is 17.7 Å². The van der Waals surface area contributed by atoms with Gasteiger partial charge in [-0.3, -0.25) is 0 Å². The molecule has 122 valence electrons. The van der Waals surface area contributed by atoms with E-state index in [1.54, 1.807) is 0 Å². The van der Waals surface area contributed by atoms with Gasteiger partial charge in [0.15, 0.2) is 0 Å². The molecule has 7 heteroatoms. The monoisotopic (exact) mass is 330 g/mol. The highest BCUT2D eigenvalue weighted by molar-refractivity contribution is 6.30. The zero-order chi connectivity index (χ0) is 16.1. The van der Waals surface area contributed by atoms with Crippen molar-refractivity contribution in [2.45, 2.75) is 38.0 Å². The van der Waals surface area contributed by atoms with Gasteiger partial charge in [-0.05, 0) is 37.5 Å². The molecule has 22 heavy (non-hydrogen) atoms. The van der Waals surface area contributed by atoms with Crippen LogP contribution >= 0.6 is 11.6 Å². The Morgan fingerprint density at radius 2 is 2.36 bits per heavy atom. The number of ether oxygens (including phenoxy) is 1. The third kappa shape index (κ3) is 4.56. The molecule has 5 nitrogen and oxygen atoms in total. The number of benzene rings is 1. The lowest BCUT2D eigenvalue weighted by Crippen LogP contribution is -2.46. The molecule has 1 aliphatic heterocycles. The largest absolute Gasteiger partial charge is 0.387 e. The van der Waals surface area contributed by atoms with E-state index in [1.807, 2.05) is 6.92 Å². The molecule has 3 unspecified atom stereocenters. The maximum atomic E-state index is 13.3. The zero-order valence-electron chi connectivity index (χ0n) is 12.3. The molecule has 2 amide bonds. The highest BCUT2D eigenvalue weighted by Gasteiger charge is 2.23. The van der Waals surface area contributed by atoms with Crippen LogP contribution in [0.25, 0.3) is 0 Å². The Balaban J connectivity index is 1.78. The Hall–Kier alpha value is -1.37. The third-order valence-corrected chi connectivity index (χ3v) is 3.97.